The zero-order valence-electron chi connectivity index (χ0n) is 8.80. The largest absolute Gasteiger partial charge is 0.313 e. The highest BCUT2D eigenvalue weighted by molar-refractivity contribution is 5.37. The molecule has 0 spiro atoms. The van der Waals surface area contributed by atoms with Gasteiger partial charge in [0.05, 0.1) is 0 Å². The summed E-state index contributed by atoms with van der Waals surface area (Å²) in [5.74, 6) is 0.547. The maximum Gasteiger partial charge on any atom is 0.126 e. The first-order chi connectivity index (χ1) is 7.36. The van der Waals surface area contributed by atoms with Gasteiger partial charge >= 0.3 is 0 Å². The fourth-order valence-electron chi connectivity index (χ4n) is 3.11. The van der Waals surface area contributed by atoms with E-state index in [0.717, 1.165) is 24.9 Å². The van der Waals surface area contributed by atoms with Crippen molar-refractivity contribution in [2.24, 2.45) is 0 Å². The third-order valence-corrected chi connectivity index (χ3v) is 3.84. The van der Waals surface area contributed by atoms with Gasteiger partial charge in [-0.05, 0) is 55.3 Å². The maximum absolute atomic E-state index is 13.5. The second-order valence-electron chi connectivity index (χ2n) is 4.66. The first-order valence-corrected chi connectivity index (χ1v) is 5.87. The van der Waals surface area contributed by atoms with Gasteiger partial charge in [-0.15, -0.1) is 0 Å². The van der Waals surface area contributed by atoms with Crippen LogP contribution in [0.4, 0.5) is 4.39 Å². The quantitative estimate of drug-likeness (QED) is 0.743. The number of nitrogens with one attached hydrogen (secondary N) is 1. The second kappa shape index (κ2) is 3.60. The molecule has 0 radical (unpaired) electrons. The van der Waals surface area contributed by atoms with Crippen LogP contribution in [0.1, 0.15) is 36.3 Å². The fraction of sp³-hybridized carbons (Fsp3) is 0.538. The molecule has 1 N–H and O–H groups in total. The zero-order valence-corrected chi connectivity index (χ0v) is 8.80. The van der Waals surface area contributed by atoms with Crippen molar-refractivity contribution in [1.29, 1.82) is 0 Å². The lowest BCUT2D eigenvalue weighted by Crippen LogP contribution is -2.27. The average molecular weight is 205 g/mol. The number of benzene rings is 1. The topological polar surface area (TPSA) is 12.0 Å². The Hall–Kier alpha value is -0.890. The highest BCUT2D eigenvalue weighted by atomic mass is 19.1. The molecule has 0 saturated carbocycles. The van der Waals surface area contributed by atoms with Crippen molar-refractivity contribution in [1.82, 2.24) is 5.32 Å². The summed E-state index contributed by atoms with van der Waals surface area (Å²) in [6.07, 6.45) is 4.56. The van der Waals surface area contributed by atoms with Crippen LogP contribution in [0.3, 0.4) is 0 Å². The molecule has 0 bridgehead atoms. The molecule has 0 unspecified atom stereocenters. The Labute approximate surface area is 89.7 Å². The Balaban J connectivity index is 1.94. The van der Waals surface area contributed by atoms with Gasteiger partial charge in [0.25, 0.3) is 0 Å². The van der Waals surface area contributed by atoms with Gasteiger partial charge in [-0.1, -0.05) is 12.1 Å². The van der Waals surface area contributed by atoms with Crippen molar-refractivity contribution in [3.8, 4) is 0 Å². The lowest BCUT2D eigenvalue weighted by atomic mass is 9.92. The minimum absolute atomic E-state index is 0.00648. The van der Waals surface area contributed by atoms with Gasteiger partial charge in [-0.3, -0.25) is 0 Å². The molecule has 80 valence electrons. The molecule has 1 aromatic carbocycles. The normalized spacial score (nSPS) is 29.4. The smallest absolute Gasteiger partial charge is 0.126 e. The van der Waals surface area contributed by atoms with E-state index in [4.69, 9.17) is 0 Å². The van der Waals surface area contributed by atoms with Gasteiger partial charge in [0, 0.05) is 6.04 Å². The van der Waals surface area contributed by atoms with E-state index in [1.54, 1.807) is 6.07 Å². The standard InChI is InChI=1S/C13H16FN/c14-12-4-1-3-9-10(12)6-7-11(9)13-5-2-8-15-13/h1,3-4,11,13,15H,2,5-8H2/t11-,13+/m1/s1. The van der Waals surface area contributed by atoms with Crippen LogP contribution >= 0.6 is 0 Å². The van der Waals surface area contributed by atoms with E-state index in [1.807, 2.05) is 6.07 Å². The van der Waals surface area contributed by atoms with Crippen molar-refractivity contribution in [2.45, 2.75) is 37.6 Å². The van der Waals surface area contributed by atoms with Crippen LogP contribution in [0.25, 0.3) is 0 Å². The van der Waals surface area contributed by atoms with Crippen LogP contribution in [0.2, 0.25) is 0 Å². The van der Waals surface area contributed by atoms with Crippen molar-refractivity contribution in [2.75, 3.05) is 6.54 Å². The molecule has 1 heterocycles. The Kier molecular flexibility index (Phi) is 2.24. The summed E-state index contributed by atoms with van der Waals surface area (Å²) in [7, 11) is 0. The third-order valence-electron chi connectivity index (χ3n) is 3.84. The van der Waals surface area contributed by atoms with Crippen LogP contribution in [0.15, 0.2) is 18.2 Å². The number of fused-ring (bicyclic) bond motifs is 1. The van der Waals surface area contributed by atoms with Gasteiger partial charge in [0.2, 0.25) is 0 Å². The highest BCUT2D eigenvalue weighted by Crippen LogP contribution is 2.38. The molecule has 0 amide bonds. The molecule has 1 saturated heterocycles. The second-order valence-corrected chi connectivity index (χ2v) is 4.66. The lowest BCUT2D eigenvalue weighted by Gasteiger charge is -2.19. The van der Waals surface area contributed by atoms with Crippen LogP contribution < -0.4 is 5.32 Å². The zero-order chi connectivity index (χ0) is 10.3. The monoisotopic (exact) mass is 205 g/mol. The third kappa shape index (κ3) is 1.48. The first kappa shape index (κ1) is 9.34. The Morgan fingerprint density at radius 3 is 3.00 bits per heavy atom. The Bertz CT molecular complexity index is 369. The molecule has 1 aliphatic heterocycles. The molecule has 1 aliphatic carbocycles. The van der Waals surface area contributed by atoms with E-state index in [0.29, 0.717) is 12.0 Å². The minimum Gasteiger partial charge on any atom is -0.313 e. The van der Waals surface area contributed by atoms with Crippen LogP contribution in [0, 0.1) is 5.82 Å². The molecule has 3 rings (SSSR count). The maximum atomic E-state index is 13.5. The molecular formula is C13H16FN. The highest BCUT2D eigenvalue weighted by Gasteiger charge is 2.32. The van der Waals surface area contributed by atoms with Crippen LogP contribution in [-0.2, 0) is 6.42 Å². The predicted molar refractivity (Wildman–Crippen MR) is 58.5 cm³/mol. The van der Waals surface area contributed by atoms with Gasteiger partial charge in [0.15, 0.2) is 0 Å². The number of rotatable bonds is 1. The summed E-state index contributed by atoms with van der Waals surface area (Å²) in [6, 6.07) is 6.13. The Morgan fingerprint density at radius 2 is 2.20 bits per heavy atom. The lowest BCUT2D eigenvalue weighted by molar-refractivity contribution is 0.486. The molecular weight excluding hydrogens is 189 g/mol. The van der Waals surface area contributed by atoms with Crippen molar-refractivity contribution in [3.63, 3.8) is 0 Å². The van der Waals surface area contributed by atoms with Crippen molar-refractivity contribution >= 4 is 0 Å². The number of hydrogen-bond acceptors (Lipinski definition) is 1. The molecule has 2 atom stereocenters. The van der Waals surface area contributed by atoms with Gasteiger partial charge in [-0.2, -0.15) is 0 Å². The molecule has 0 aromatic heterocycles. The predicted octanol–water partition coefficient (Wildman–Crippen LogP) is 2.61. The minimum atomic E-state index is -0.00648. The summed E-state index contributed by atoms with van der Waals surface area (Å²) < 4.78 is 13.5. The van der Waals surface area contributed by atoms with Gasteiger partial charge in [-0.25, -0.2) is 4.39 Å². The van der Waals surface area contributed by atoms with Crippen LogP contribution in [0.5, 0.6) is 0 Å². The Morgan fingerprint density at radius 1 is 1.27 bits per heavy atom. The van der Waals surface area contributed by atoms with E-state index < -0.39 is 0 Å². The average Bonchev–Trinajstić information content (AvgIpc) is 2.85. The molecule has 1 nitrogen and oxygen atoms in total. The van der Waals surface area contributed by atoms with E-state index >= 15 is 0 Å². The van der Waals surface area contributed by atoms with Crippen molar-refractivity contribution in [3.05, 3.63) is 35.1 Å². The van der Waals surface area contributed by atoms with Crippen molar-refractivity contribution < 1.29 is 4.39 Å². The SMILES string of the molecule is Fc1cccc2c1CC[C@H]2[C@@H]1CCCN1. The van der Waals surface area contributed by atoms with Gasteiger partial charge < -0.3 is 5.32 Å². The summed E-state index contributed by atoms with van der Waals surface area (Å²) in [5, 5.41) is 3.54. The molecule has 2 heteroatoms. The van der Waals surface area contributed by atoms with E-state index in [-0.39, 0.29) is 5.82 Å². The molecule has 15 heavy (non-hydrogen) atoms. The first-order valence-electron chi connectivity index (χ1n) is 5.87. The van der Waals surface area contributed by atoms with E-state index in [1.165, 1.54) is 18.4 Å². The number of hydrogen-bond donors (Lipinski definition) is 1. The summed E-state index contributed by atoms with van der Waals surface area (Å²) >= 11 is 0. The summed E-state index contributed by atoms with van der Waals surface area (Å²) in [6.45, 7) is 1.13. The van der Waals surface area contributed by atoms with Gasteiger partial charge in [0.1, 0.15) is 5.82 Å². The molecule has 2 aliphatic rings. The van der Waals surface area contributed by atoms with E-state index in [2.05, 4.69) is 11.4 Å². The van der Waals surface area contributed by atoms with Crippen LogP contribution in [-0.4, -0.2) is 12.6 Å². The summed E-state index contributed by atoms with van der Waals surface area (Å²) in [5.41, 5.74) is 2.23. The number of halogens is 1. The fourth-order valence-corrected chi connectivity index (χ4v) is 3.11. The van der Waals surface area contributed by atoms with E-state index in [9.17, 15) is 4.39 Å². The summed E-state index contributed by atoms with van der Waals surface area (Å²) in [4.78, 5) is 0. The molecule has 1 fully saturated rings. The molecule has 1 aromatic rings.